The first kappa shape index (κ1) is 14.7. The van der Waals surface area contributed by atoms with Crippen LogP contribution in [0.2, 0.25) is 0 Å². The van der Waals surface area contributed by atoms with Crippen LogP contribution in [-0.2, 0) is 4.79 Å². The standard InChI is InChI=1S/C16H30O/c1-12(2)7-6-8-13-11-14(16(3,4)5)9-10-15(13)17/h12-14H,6-11H2,1-5H3. The van der Waals surface area contributed by atoms with E-state index in [1.54, 1.807) is 0 Å². The van der Waals surface area contributed by atoms with Crippen LogP contribution in [0.5, 0.6) is 0 Å². The summed E-state index contributed by atoms with van der Waals surface area (Å²) >= 11 is 0. The minimum absolute atomic E-state index is 0.367. The maximum atomic E-state index is 11.9. The second-order valence-electron chi connectivity index (χ2n) is 7.33. The molecule has 17 heavy (non-hydrogen) atoms. The van der Waals surface area contributed by atoms with Gasteiger partial charge in [-0.1, -0.05) is 47.5 Å². The van der Waals surface area contributed by atoms with Gasteiger partial charge in [0, 0.05) is 12.3 Å². The van der Waals surface area contributed by atoms with Gasteiger partial charge in [0.05, 0.1) is 0 Å². The average Bonchev–Trinajstić information content (AvgIpc) is 2.18. The third-order valence-electron chi connectivity index (χ3n) is 4.32. The molecule has 1 saturated carbocycles. The Morgan fingerprint density at radius 3 is 2.47 bits per heavy atom. The Morgan fingerprint density at radius 1 is 1.29 bits per heavy atom. The number of hydrogen-bond donors (Lipinski definition) is 0. The molecule has 0 amide bonds. The van der Waals surface area contributed by atoms with Crippen molar-refractivity contribution >= 4 is 5.78 Å². The van der Waals surface area contributed by atoms with Gasteiger partial charge in [-0.25, -0.2) is 0 Å². The lowest BCUT2D eigenvalue weighted by Crippen LogP contribution is -2.32. The SMILES string of the molecule is CC(C)CCCC1CC(C(C)(C)C)CCC1=O. The molecule has 2 atom stereocenters. The van der Waals surface area contributed by atoms with Crippen molar-refractivity contribution < 1.29 is 4.79 Å². The van der Waals surface area contributed by atoms with E-state index in [0.29, 0.717) is 17.1 Å². The minimum atomic E-state index is 0.367. The molecule has 1 nitrogen and oxygen atoms in total. The Morgan fingerprint density at radius 2 is 1.94 bits per heavy atom. The molecule has 0 aliphatic heterocycles. The molecule has 1 fully saturated rings. The maximum absolute atomic E-state index is 11.9. The number of Topliss-reactive ketones (excluding diaryl/α,β-unsaturated/α-hetero) is 1. The van der Waals surface area contributed by atoms with Crippen molar-refractivity contribution in [3.63, 3.8) is 0 Å². The van der Waals surface area contributed by atoms with Crippen LogP contribution in [0, 0.1) is 23.2 Å². The lowest BCUT2D eigenvalue weighted by Gasteiger charge is -2.37. The molecule has 0 aromatic rings. The Kier molecular flexibility index (Phi) is 5.22. The van der Waals surface area contributed by atoms with Crippen LogP contribution in [0.25, 0.3) is 0 Å². The number of carbonyl (C=O) groups excluding carboxylic acids is 1. The average molecular weight is 238 g/mol. The lowest BCUT2D eigenvalue weighted by atomic mass is 9.68. The van der Waals surface area contributed by atoms with Crippen molar-refractivity contribution in [2.45, 2.75) is 73.1 Å². The van der Waals surface area contributed by atoms with Crippen molar-refractivity contribution in [1.82, 2.24) is 0 Å². The zero-order chi connectivity index (χ0) is 13.1. The fourth-order valence-corrected chi connectivity index (χ4v) is 2.95. The summed E-state index contributed by atoms with van der Waals surface area (Å²) in [5, 5.41) is 0. The minimum Gasteiger partial charge on any atom is -0.299 e. The topological polar surface area (TPSA) is 17.1 Å². The van der Waals surface area contributed by atoms with E-state index >= 15 is 0 Å². The largest absolute Gasteiger partial charge is 0.299 e. The third kappa shape index (κ3) is 4.81. The fourth-order valence-electron chi connectivity index (χ4n) is 2.95. The molecule has 1 heteroatoms. The molecular formula is C16H30O. The molecule has 0 spiro atoms. The molecule has 0 N–H and O–H groups in total. The highest BCUT2D eigenvalue weighted by molar-refractivity contribution is 5.81. The van der Waals surface area contributed by atoms with Gasteiger partial charge < -0.3 is 0 Å². The summed E-state index contributed by atoms with van der Waals surface area (Å²) in [6.45, 7) is 11.5. The van der Waals surface area contributed by atoms with Crippen LogP contribution in [-0.4, -0.2) is 5.78 Å². The Balaban J connectivity index is 2.44. The number of hydrogen-bond acceptors (Lipinski definition) is 1. The number of ketones is 1. The maximum Gasteiger partial charge on any atom is 0.135 e. The van der Waals surface area contributed by atoms with Gasteiger partial charge in [0.1, 0.15) is 5.78 Å². The van der Waals surface area contributed by atoms with Gasteiger partial charge in [-0.15, -0.1) is 0 Å². The Bertz CT molecular complexity index is 247. The molecule has 0 aromatic carbocycles. The van der Waals surface area contributed by atoms with Crippen LogP contribution in [0.4, 0.5) is 0 Å². The summed E-state index contributed by atoms with van der Waals surface area (Å²) in [4.78, 5) is 11.9. The lowest BCUT2D eigenvalue weighted by molar-refractivity contribution is -0.126. The van der Waals surface area contributed by atoms with Gasteiger partial charge >= 0.3 is 0 Å². The summed E-state index contributed by atoms with van der Waals surface area (Å²) in [5.41, 5.74) is 0.372. The van der Waals surface area contributed by atoms with Crippen molar-refractivity contribution in [1.29, 1.82) is 0 Å². The van der Waals surface area contributed by atoms with E-state index in [9.17, 15) is 4.79 Å². The number of rotatable bonds is 4. The first-order chi connectivity index (χ1) is 7.80. The van der Waals surface area contributed by atoms with Crippen LogP contribution >= 0.6 is 0 Å². The van der Waals surface area contributed by atoms with E-state index in [4.69, 9.17) is 0 Å². The quantitative estimate of drug-likeness (QED) is 0.684. The van der Waals surface area contributed by atoms with Gasteiger partial charge in [0.2, 0.25) is 0 Å². The second-order valence-corrected chi connectivity index (χ2v) is 7.33. The molecule has 0 heterocycles. The van der Waals surface area contributed by atoms with Crippen molar-refractivity contribution in [2.24, 2.45) is 23.2 Å². The molecule has 2 unspecified atom stereocenters. The van der Waals surface area contributed by atoms with Crippen molar-refractivity contribution in [3.05, 3.63) is 0 Å². The number of carbonyl (C=O) groups is 1. The summed E-state index contributed by atoms with van der Waals surface area (Å²) in [5.74, 6) is 2.41. The van der Waals surface area contributed by atoms with Crippen LogP contribution in [0.3, 0.4) is 0 Å². The molecule has 1 aliphatic carbocycles. The van der Waals surface area contributed by atoms with E-state index in [1.165, 1.54) is 12.8 Å². The smallest absolute Gasteiger partial charge is 0.135 e. The highest BCUT2D eigenvalue weighted by Crippen LogP contribution is 2.40. The van der Waals surface area contributed by atoms with Gasteiger partial charge in [-0.05, 0) is 36.5 Å². The summed E-state index contributed by atoms with van der Waals surface area (Å²) < 4.78 is 0. The molecule has 100 valence electrons. The Labute approximate surface area is 107 Å². The van der Waals surface area contributed by atoms with Gasteiger partial charge in [0.25, 0.3) is 0 Å². The fraction of sp³-hybridized carbons (Fsp3) is 0.938. The van der Waals surface area contributed by atoms with Crippen molar-refractivity contribution in [2.75, 3.05) is 0 Å². The van der Waals surface area contributed by atoms with Gasteiger partial charge in [-0.2, -0.15) is 0 Å². The first-order valence-electron chi connectivity index (χ1n) is 7.33. The molecule has 0 radical (unpaired) electrons. The Hall–Kier alpha value is -0.330. The molecule has 1 rings (SSSR count). The van der Waals surface area contributed by atoms with E-state index < -0.39 is 0 Å². The first-order valence-corrected chi connectivity index (χ1v) is 7.33. The van der Waals surface area contributed by atoms with Crippen LogP contribution < -0.4 is 0 Å². The summed E-state index contributed by atoms with van der Waals surface area (Å²) in [6.07, 6.45) is 6.70. The third-order valence-corrected chi connectivity index (χ3v) is 4.32. The second kappa shape index (κ2) is 6.02. The van der Waals surface area contributed by atoms with E-state index in [0.717, 1.165) is 37.5 Å². The van der Waals surface area contributed by atoms with E-state index in [2.05, 4.69) is 34.6 Å². The predicted octanol–water partition coefficient (Wildman–Crippen LogP) is 4.84. The highest BCUT2D eigenvalue weighted by Gasteiger charge is 2.34. The zero-order valence-electron chi connectivity index (χ0n) is 12.4. The van der Waals surface area contributed by atoms with Crippen molar-refractivity contribution in [3.8, 4) is 0 Å². The van der Waals surface area contributed by atoms with Crippen LogP contribution in [0.15, 0.2) is 0 Å². The van der Waals surface area contributed by atoms with Gasteiger partial charge in [-0.3, -0.25) is 4.79 Å². The van der Waals surface area contributed by atoms with Crippen LogP contribution in [0.1, 0.15) is 73.1 Å². The summed E-state index contributed by atoms with van der Waals surface area (Å²) in [7, 11) is 0. The molecule has 0 aromatic heterocycles. The summed E-state index contributed by atoms with van der Waals surface area (Å²) in [6, 6.07) is 0. The van der Waals surface area contributed by atoms with E-state index in [1.807, 2.05) is 0 Å². The molecule has 0 saturated heterocycles. The zero-order valence-corrected chi connectivity index (χ0v) is 12.4. The van der Waals surface area contributed by atoms with Gasteiger partial charge in [0.15, 0.2) is 0 Å². The normalized spacial score (nSPS) is 26.6. The molecular weight excluding hydrogens is 208 g/mol. The molecule has 1 aliphatic rings. The van der Waals surface area contributed by atoms with E-state index in [-0.39, 0.29) is 0 Å². The monoisotopic (exact) mass is 238 g/mol. The highest BCUT2D eigenvalue weighted by atomic mass is 16.1. The predicted molar refractivity (Wildman–Crippen MR) is 74.0 cm³/mol. The molecule has 0 bridgehead atoms.